The van der Waals surface area contributed by atoms with Crippen molar-refractivity contribution in [1.29, 1.82) is 0 Å². The van der Waals surface area contributed by atoms with Crippen LogP contribution < -0.4 is 10.6 Å². The third kappa shape index (κ3) is 1.68. The van der Waals surface area contributed by atoms with Crippen molar-refractivity contribution < 1.29 is 13.6 Å². The maximum absolute atomic E-state index is 11.9. The highest BCUT2D eigenvalue weighted by atomic mass is 16.3. The highest BCUT2D eigenvalue weighted by molar-refractivity contribution is 6.14. The van der Waals surface area contributed by atoms with E-state index in [4.69, 9.17) is 8.83 Å². The first-order chi connectivity index (χ1) is 11.2. The number of carbonyl (C=O) groups is 1. The molecule has 0 amide bonds. The van der Waals surface area contributed by atoms with Crippen molar-refractivity contribution in [1.82, 2.24) is 0 Å². The van der Waals surface area contributed by atoms with Crippen LogP contribution in [0.15, 0.2) is 27.0 Å². The second kappa shape index (κ2) is 4.48. The van der Waals surface area contributed by atoms with E-state index in [1.807, 2.05) is 12.1 Å². The molecule has 114 valence electrons. The van der Waals surface area contributed by atoms with E-state index >= 15 is 0 Å². The highest BCUT2D eigenvalue weighted by Gasteiger charge is 2.21. The first-order valence-corrected chi connectivity index (χ1v) is 8.12. The normalized spacial score (nSPS) is 16.5. The Balaban J connectivity index is 2.04. The molecule has 0 spiro atoms. The Hall–Kier alpha value is -2.55. The molecule has 0 saturated carbocycles. The first kappa shape index (κ1) is 12.9. The Morgan fingerprint density at radius 2 is 1.87 bits per heavy atom. The van der Waals surface area contributed by atoms with Crippen LogP contribution in [-0.2, 0) is 11.2 Å². The molecule has 0 unspecified atom stereocenters. The van der Waals surface area contributed by atoms with E-state index in [1.54, 1.807) is 6.92 Å². The smallest absolute Gasteiger partial charge is 0.159 e. The Morgan fingerprint density at radius 1 is 1.04 bits per heavy atom. The predicted molar refractivity (Wildman–Crippen MR) is 90.4 cm³/mol. The van der Waals surface area contributed by atoms with E-state index < -0.39 is 0 Å². The average molecular weight is 304 g/mol. The molecule has 0 aliphatic heterocycles. The van der Waals surface area contributed by atoms with Gasteiger partial charge in [0.2, 0.25) is 0 Å². The van der Waals surface area contributed by atoms with E-state index in [2.05, 4.69) is 18.2 Å². The summed E-state index contributed by atoms with van der Waals surface area (Å²) in [5, 5.41) is 3.34. The molecule has 3 aromatic rings. The van der Waals surface area contributed by atoms with Crippen LogP contribution in [0.3, 0.4) is 0 Å². The van der Waals surface area contributed by atoms with Gasteiger partial charge in [0.15, 0.2) is 5.78 Å². The van der Waals surface area contributed by atoms with E-state index in [0.717, 1.165) is 69.6 Å². The minimum Gasteiger partial charge on any atom is -0.456 e. The molecule has 0 bridgehead atoms. The number of aryl methyl sites for hydroxylation is 1. The molecular formula is C20H16O3. The summed E-state index contributed by atoms with van der Waals surface area (Å²) < 4.78 is 12.1. The summed E-state index contributed by atoms with van der Waals surface area (Å²) in [4.78, 5) is 11.9. The van der Waals surface area contributed by atoms with Crippen LogP contribution in [0.25, 0.3) is 39.7 Å². The average Bonchev–Trinajstić information content (AvgIpc) is 3.11. The maximum Gasteiger partial charge on any atom is 0.159 e. The van der Waals surface area contributed by atoms with E-state index in [-0.39, 0.29) is 5.78 Å². The van der Waals surface area contributed by atoms with Crippen LogP contribution in [0.4, 0.5) is 0 Å². The molecule has 0 N–H and O–H groups in total. The third-order valence-electron chi connectivity index (χ3n) is 4.95. The van der Waals surface area contributed by atoms with Crippen molar-refractivity contribution in [2.45, 2.75) is 32.6 Å². The molecular weight excluding hydrogens is 288 g/mol. The molecule has 1 aromatic carbocycles. The molecule has 0 atom stereocenters. The quantitative estimate of drug-likeness (QED) is 0.691. The van der Waals surface area contributed by atoms with E-state index in [0.29, 0.717) is 0 Å². The number of hydrogen-bond donors (Lipinski definition) is 0. The van der Waals surface area contributed by atoms with Crippen LogP contribution >= 0.6 is 0 Å². The van der Waals surface area contributed by atoms with Crippen LogP contribution in [0.2, 0.25) is 0 Å². The molecule has 2 aromatic heterocycles. The zero-order chi connectivity index (χ0) is 15.6. The van der Waals surface area contributed by atoms with Gasteiger partial charge in [0, 0.05) is 27.1 Å². The molecule has 5 rings (SSSR count). The van der Waals surface area contributed by atoms with Gasteiger partial charge in [-0.2, -0.15) is 0 Å². The monoisotopic (exact) mass is 304 g/mol. The maximum atomic E-state index is 11.9. The minimum absolute atomic E-state index is 0.104. The molecule has 23 heavy (non-hydrogen) atoms. The van der Waals surface area contributed by atoms with Gasteiger partial charge in [-0.15, -0.1) is 0 Å². The second-order valence-corrected chi connectivity index (χ2v) is 6.32. The zero-order valence-corrected chi connectivity index (χ0v) is 12.9. The fourth-order valence-corrected chi connectivity index (χ4v) is 3.91. The highest BCUT2D eigenvalue weighted by Crippen LogP contribution is 2.35. The summed E-state index contributed by atoms with van der Waals surface area (Å²) in [6, 6.07) is 3.94. The number of hydrogen-bond acceptors (Lipinski definition) is 3. The van der Waals surface area contributed by atoms with Gasteiger partial charge in [0.05, 0.1) is 0 Å². The van der Waals surface area contributed by atoms with Gasteiger partial charge in [-0.1, -0.05) is 12.2 Å². The number of rotatable bonds is 1. The summed E-state index contributed by atoms with van der Waals surface area (Å²) in [5.41, 5.74) is 4.58. The van der Waals surface area contributed by atoms with Gasteiger partial charge in [-0.05, 0) is 50.8 Å². The van der Waals surface area contributed by atoms with Gasteiger partial charge in [0.1, 0.15) is 22.3 Å². The lowest BCUT2D eigenvalue weighted by Gasteiger charge is -2.04. The Labute approximate surface area is 132 Å². The van der Waals surface area contributed by atoms with E-state index in [9.17, 15) is 4.79 Å². The predicted octanol–water partition coefficient (Wildman–Crippen LogP) is 3.45. The lowest BCUT2D eigenvalue weighted by molar-refractivity contribution is -0.112. The van der Waals surface area contributed by atoms with Crippen molar-refractivity contribution >= 4 is 45.4 Å². The summed E-state index contributed by atoms with van der Waals surface area (Å²) >= 11 is 0. The topological polar surface area (TPSA) is 43.4 Å². The van der Waals surface area contributed by atoms with Crippen molar-refractivity contribution in [3.8, 4) is 0 Å². The summed E-state index contributed by atoms with van der Waals surface area (Å²) in [5.74, 6) is 1.06. The first-order valence-electron chi connectivity index (χ1n) is 8.12. The van der Waals surface area contributed by atoms with E-state index in [1.165, 1.54) is 5.56 Å². The number of carbonyl (C=O) groups excluding carboxylic acids is 1. The standard InChI is InChI=1S/C20H16O3/c1-11(21)12-6-4-7-14-19-17(23-20(12)14)10-9-16-18(19)13-5-2-3-8-15(13)22-16/h3,7-10H,2,4-6H2,1H3. The van der Waals surface area contributed by atoms with Gasteiger partial charge in [-0.3, -0.25) is 4.79 Å². The Bertz CT molecular complexity index is 1140. The molecule has 0 radical (unpaired) electrons. The summed E-state index contributed by atoms with van der Waals surface area (Å²) in [6.45, 7) is 1.62. The molecule has 0 fully saturated rings. The number of fused-ring (bicyclic) bond motifs is 7. The van der Waals surface area contributed by atoms with Crippen molar-refractivity contribution in [2.75, 3.05) is 0 Å². The van der Waals surface area contributed by atoms with Crippen LogP contribution in [0, 0.1) is 0 Å². The van der Waals surface area contributed by atoms with Crippen LogP contribution in [0.1, 0.15) is 37.5 Å². The van der Waals surface area contributed by atoms with Gasteiger partial charge in [-0.25, -0.2) is 0 Å². The lowest BCUT2D eigenvalue weighted by atomic mass is 9.96. The third-order valence-corrected chi connectivity index (χ3v) is 4.95. The zero-order valence-electron chi connectivity index (χ0n) is 12.9. The second-order valence-electron chi connectivity index (χ2n) is 6.32. The SMILES string of the molecule is CC(=O)C1=c2oc3ccc4oc5c(c4c3c2=CCC1)CCC=C5. The van der Waals surface area contributed by atoms with Gasteiger partial charge < -0.3 is 8.83 Å². The van der Waals surface area contributed by atoms with Gasteiger partial charge in [0.25, 0.3) is 0 Å². The molecule has 0 saturated heterocycles. The summed E-state index contributed by atoms with van der Waals surface area (Å²) in [7, 11) is 0. The fraction of sp³-hybridized carbons (Fsp3) is 0.250. The molecule has 2 aliphatic carbocycles. The minimum atomic E-state index is 0.104. The molecule has 2 aliphatic rings. The Kier molecular flexibility index (Phi) is 2.52. The van der Waals surface area contributed by atoms with Crippen molar-refractivity contribution in [3.05, 3.63) is 40.2 Å². The molecule has 2 heterocycles. The van der Waals surface area contributed by atoms with Gasteiger partial charge >= 0.3 is 0 Å². The largest absolute Gasteiger partial charge is 0.456 e. The summed E-state index contributed by atoms with van der Waals surface area (Å²) in [6.07, 6.45) is 10.1. The van der Waals surface area contributed by atoms with Crippen LogP contribution in [0.5, 0.6) is 0 Å². The van der Waals surface area contributed by atoms with Crippen molar-refractivity contribution in [3.63, 3.8) is 0 Å². The number of Topliss-reactive ketones (excluding diaryl/α,β-unsaturated/α-hetero) is 1. The number of furan rings is 2. The number of benzene rings is 1. The van der Waals surface area contributed by atoms with Crippen LogP contribution in [-0.4, -0.2) is 5.78 Å². The molecule has 3 nitrogen and oxygen atoms in total. The lowest BCUT2D eigenvalue weighted by Crippen LogP contribution is -2.28. The number of ketones is 1. The Morgan fingerprint density at radius 3 is 2.70 bits per heavy atom. The fourth-order valence-electron chi connectivity index (χ4n) is 3.91. The van der Waals surface area contributed by atoms with Crippen molar-refractivity contribution in [2.24, 2.45) is 0 Å². The molecule has 3 heteroatoms. The number of allylic oxidation sites excluding steroid dienone is 1.